The van der Waals surface area contributed by atoms with Crippen LogP contribution in [0.1, 0.15) is 0 Å². The van der Waals surface area contributed by atoms with Gasteiger partial charge in [-0.2, -0.15) is 0 Å². The minimum absolute atomic E-state index is 0.761. The van der Waals surface area contributed by atoms with Crippen molar-refractivity contribution in [3.05, 3.63) is 12.8 Å². The van der Waals surface area contributed by atoms with E-state index in [1.807, 2.05) is 0 Å². The number of ether oxygens (including phenoxy) is 1. The van der Waals surface area contributed by atoms with E-state index in [1.165, 1.54) is 12.8 Å². The summed E-state index contributed by atoms with van der Waals surface area (Å²) >= 11 is 0. The molecule has 0 N–H and O–H groups in total. The summed E-state index contributed by atoms with van der Waals surface area (Å²) in [7, 11) is 2.13. The van der Waals surface area contributed by atoms with Gasteiger partial charge in [0.1, 0.15) is 0 Å². The first kappa shape index (κ1) is 8.56. The Kier molecular flexibility index (Phi) is 3.39. The first-order chi connectivity index (χ1) is 5.33. The molecule has 1 saturated heterocycles. The van der Waals surface area contributed by atoms with Crippen LogP contribution in [0.2, 0.25) is 0 Å². The van der Waals surface area contributed by atoms with Crippen molar-refractivity contribution in [1.29, 1.82) is 0 Å². The topological polar surface area (TPSA) is 15.7 Å². The predicted molar refractivity (Wildman–Crippen MR) is 45.2 cm³/mol. The average molecular weight is 156 g/mol. The van der Waals surface area contributed by atoms with Crippen LogP contribution >= 0.6 is 0 Å². The Morgan fingerprint density at radius 2 is 2.36 bits per heavy atom. The van der Waals surface area contributed by atoms with Gasteiger partial charge in [0.05, 0.1) is 19.5 Å². The molecule has 64 valence electrons. The van der Waals surface area contributed by atoms with Crippen molar-refractivity contribution in [1.82, 2.24) is 9.80 Å². The van der Waals surface area contributed by atoms with E-state index in [2.05, 4.69) is 23.4 Å². The summed E-state index contributed by atoms with van der Waals surface area (Å²) in [5.41, 5.74) is 0. The lowest BCUT2D eigenvalue weighted by Crippen LogP contribution is -2.26. The largest absolute Gasteiger partial charge is 0.500 e. The molecule has 0 unspecified atom stereocenters. The van der Waals surface area contributed by atoms with E-state index in [-0.39, 0.29) is 0 Å². The van der Waals surface area contributed by atoms with Crippen LogP contribution in [0.15, 0.2) is 12.8 Å². The van der Waals surface area contributed by atoms with Crippen molar-refractivity contribution in [3.63, 3.8) is 0 Å². The summed E-state index contributed by atoms with van der Waals surface area (Å²) in [5, 5.41) is 0. The van der Waals surface area contributed by atoms with Gasteiger partial charge in [-0.15, -0.1) is 0 Å². The monoisotopic (exact) mass is 156 g/mol. The fourth-order valence-electron chi connectivity index (χ4n) is 1.24. The molecule has 11 heavy (non-hydrogen) atoms. The van der Waals surface area contributed by atoms with Crippen molar-refractivity contribution < 1.29 is 4.74 Å². The summed E-state index contributed by atoms with van der Waals surface area (Å²) in [6.07, 6.45) is 1.50. The van der Waals surface area contributed by atoms with Crippen molar-refractivity contribution in [2.24, 2.45) is 0 Å². The summed E-state index contributed by atoms with van der Waals surface area (Å²) in [4.78, 5) is 4.66. The minimum atomic E-state index is 0.761. The van der Waals surface area contributed by atoms with Crippen molar-refractivity contribution in [3.8, 4) is 0 Å². The number of hydrogen-bond acceptors (Lipinski definition) is 3. The lowest BCUT2D eigenvalue weighted by Gasteiger charge is -2.14. The van der Waals surface area contributed by atoms with Gasteiger partial charge in [-0.1, -0.05) is 6.58 Å². The summed E-state index contributed by atoms with van der Waals surface area (Å²) < 4.78 is 5.03. The number of likely N-dealkylation sites (N-methyl/N-ethyl adjacent to an activating group) is 1. The Balaban J connectivity index is 2.03. The van der Waals surface area contributed by atoms with Gasteiger partial charge < -0.3 is 4.74 Å². The second kappa shape index (κ2) is 4.36. The third-order valence-electron chi connectivity index (χ3n) is 1.88. The molecule has 0 aromatic carbocycles. The quantitative estimate of drug-likeness (QED) is 0.431. The number of rotatable bonds is 4. The first-order valence-electron chi connectivity index (χ1n) is 3.96. The zero-order valence-electron chi connectivity index (χ0n) is 7.12. The third kappa shape index (κ3) is 2.91. The molecule has 3 heteroatoms. The van der Waals surface area contributed by atoms with E-state index in [9.17, 15) is 0 Å². The highest BCUT2D eigenvalue weighted by molar-refractivity contribution is 4.67. The normalized spacial score (nSPS) is 20.5. The molecule has 0 atom stereocenters. The summed E-state index contributed by atoms with van der Waals surface area (Å²) in [5.74, 6) is 0. The van der Waals surface area contributed by atoms with Crippen LogP contribution in [-0.2, 0) is 4.74 Å². The van der Waals surface area contributed by atoms with Gasteiger partial charge in [-0.25, -0.2) is 0 Å². The van der Waals surface area contributed by atoms with Gasteiger partial charge in [-0.05, 0) is 7.05 Å². The van der Waals surface area contributed by atoms with E-state index in [4.69, 9.17) is 4.74 Å². The zero-order valence-corrected chi connectivity index (χ0v) is 7.12. The molecule has 0 amide bonds. The summed E-state index contributed by atoms with van der Waals surface area (Å²) in [6.45, 7) is 8.67. The minimum Gasteiger partial charge on any atom is -0.500 e. The van der Waals surface area contributed by atoms with Crippen LogP contribution in [0.25, 0.3) is 0 Å². The fourth-order valence-corrected chi connectivity index (χ4v) is 1.24. The molecule has 1 aliphatic rings. The van der Waals surface area contributed by atoms with Crippen molar-refractivity contribution in [2.45, 2.75) is 0 Å². The van der Waals surface area contributed by atoms with Crippen LogP contribution in [0.5, 0.6) is 0 Å². The molecule has 1 fully saturated rings. The molecular weight excluding hydrogens is 140 g/mol. The van der Waals surface area contributed by atoms with Crippen LogP contribution in [0, 0.1) is 0 Å². The van der Waals surface area contributed by atoms with Gasteiger partial charge in [0.2, 0.25) is 0 Å². The molecule has 0 spiro atoms. The van der Waals surface area contributed by atoms with Gasteiger partial charge in [0, 0.05) is 19.6 Å². The Morgan fingerprint density at radius 3 is 2.91 bits per heavy atom. The lowest BCUT2D eigenvalue weighted by atomic mass is 10.5. The van der Waals surface area contributed by atoms with Crippen LogP contribution < -0.4 is 0 Å². The molecule has 1 heterocycles. The Bertz CT molecular complexity index is 127. The second-order valence-electron chi connectivity index (χ2n) is 2.88. The van der Waals surface area contributed by atoms with Crippen LogP contribution in [0.4, 0.5) is 0 Å². The maximum Gasteiger partial charge on any atom is 0.1000 e. The Hall–Kier alpha value is -0.540. The van der Waals surface area contributed by atoms with E-state index < -0.39 is 0 Å². The standard InChI is InChI=1S/C8H16N2O/c1-3-11-7-6-10-5-4-9(2)8-10/h3H,1,4-8H2,2H3. The second-order valence-corrected chi connectivity index (χ2v) is 2.88. The fraction of sp³-hybridized carbons (Fsp3) is 0.750. The van der Waals surface area contributed by atoms with Crippen LogP contribution in [-0.4, -0.2) is 49.8 Å². The van der Waals surface area contributed by atoms with E-state index in [0.717, 1.165) is 26.4 Å². The Morgan fingerprint density at radius 1 is 1.55 bits per heavy atom. The molecule has 1 rings (SSSR count). The van der Waals surface area contributed by atoms with E-state index >= 15 is 0 Å². The third-order valence-corrected chi connectivity index (χ3v) is 1.88. The number of hydrogen-bond donors (Lipinski definition) is 0. The van der Waals surface area contributed by atoms with E-state index in [0.29, 0.717) is 0 Å². The van der Waals surface area contributed by atoms with Gasteiger partial charge in [0.25, 0.3) is 0 Å². The molecule has 0 bridgehead atoms. The average Bonchev–Trinajstić information content (AvgIpc) is 2.37. The highest BCUT2D eigenvalue weighted by atomic mass is 16.5. The smallest absolute Gasteiger partial charge is 0.1000 e. The van der Waals surface area contributed by atoms with Crippen LogP contribution in [0.3, 0.4) is 0 Å². The van der Waals surface area contributed by atoms with E-state index in [1.54, 1.807) is 0 Å². The van der Waals surface area contributed by atoms with Crippen molar-refractivity contribution in [2.75, 3.05) is 40.0 Å². The molecule has 0 aromatic rings. The highest BCUT2D eigenvalue weighted by Gasteiger charge is 2.14. The molecular formula is C8H16N2O. The molecule has 0 aromatic heterocycles. The predicted octanol–water partition coefficient (Wildman–Crippen LogP) is 0.351. The van der Waals surface area contributed by atoms with Gasteiger partial charge >= 0.3 is 0 Å². The number of nitrogens with zero attached hydrogens (tertiary/aromatic N) is 2. The van der Waals surface area contributed by atoms with Gasteiger partial charge in [-0.3, -0.25) is 9.80 Å². The zero-order chi connectivity index (χ0) is 8.10. The molecule has 1 aliphatic heterocycles. The maximum absolute atomic E-state index is 5.03. The molecule has 0 aliphatic carbocycles. The molecule has 0 radical (unpaired) electrons. The summed E-state index contributed by atoms with van der Waals surface area (Å²) in [6, 6.07) is 0. The maximum atomic E-state index is 5.03. The highest BCUT2D eigenvalue weighted by Crippen LogP contribution is 2.00. The van der Waals surface area contributed by atoms with Crippen molar-refractivity contribution >= 4 is 0 Å². The molecule has 0 saturated carbocycles. The SMILES string of the molecule is C=COCCN1CCN(C)C1. The molecule has 3 nitrogen and oxygen atoms in total. The lowest BCUT2D eigenvalue weighted by molar-refractivity contribution is 0.183. The first-order valence-corrected chi connectivity index (χ1v) is 3.96. The van der Waals surface area contributed by atoms with Gasteiger partial charge in [0.15, 0.2) is 0 Å². The Labute approximate surface area is 68.2 Å².